The monoisotopic (exact) mass is 280 g/mol. The van der Waals surface area contributed by atoms with E-state index in [0.29, 0.717) is 6.54 Å². The second kappa shape index (κ2) is 4.57. The number of hydrogen-bond donors (Lipinski definition) is 2. The molecule has 0 aliphatic heterocycles. The van der Waals surface area contributed by atoms with E-state index in [1.165, 1.54) is 0 Å². The molecule has 0 saturated carbocycles. The largest absolute Gasteiger partial charge is 0.397 e. The van der Waals surface area contributed by atoms with Gasteiger partial charge in [-0.15, -0.1) is 0 Å². The van der Waals surface area contributed by atoms with Crippen LogP contribution in [0.2, 0.25) is 0 Å². The molecule has 0 atom stereocenters. The van der Waals surface area contributed by atoms with Crippen molar-refractivity contribution in [2.24, 2.45) is 7.05 Å². The molecule has 0 fully saturated rings. The van der Waals surface area contributed by atoms with Gasteiger partial charge in [0.15, 0.2) is 0 Å². The Bertz CT molecular complexity index is 492. The predicted octanol–water partition coefficient (Wildman–Crippen LogP) is 2.38. The summed E-state index contributed by atoms with van der Waals surface area (Å²) in [6, 6.07) is 7.77. The van der Waals surface area contributed by atoms with Crippen LogP contribution in [0.4, 0.5) is 11.4 Å². The maximum Gasteiger partial charge on any atom is 0.0577 e. The van der Waals surface area contributed by atoms with E-state index in [9.17, 15) is 0 Å². The quantitative estimate of drug-likeness (QED) is 0.849. The molecule has 0 aliphatic carbocycles. The van der Waals surface area contributed by atoms with Gasteiger partial charge in [0.2, 0.25) is 0 Å². The molecule has 16 heavy (non-hydrogen) atoms. The third-order valence-electron chi connectivity index (χ3n) is 2.40. The van der Waals surface area contributed by atoms with Crippen LogP contribution < -0.4 is 11.1 Å². The topological polar surface area (TPSA) is 55.9 Å². The summed E-state index contributed by atoms with van der Waals surface area (Å²) in [7, 11) is 1.92. The third-order valence-corrected chi connectivity index (χ3v) is 2.89. The smallest absolute Gasteiger partial charge is 0.0577 e. The molecule has 3 N–H and O–H groups in total. The fourth-order valence-corrected chi connectivity index (χ4v) is 1.83. The number of nitrogens with one attached hydrogen (secondary N) is 1. The first-order valence-corrected chi connectivity index (χ1v) is 5.72. The highest BCUT2D eigenvalue weighted by Crippen LogP contribution is 2.23. The molecule has 5 heteroatoms. The second-order valence-corrected chi connectivity index (χ2v) is 4.45. The van der Waals surface area contributed by atoms with Gasteiger partial charge in [-0.05, 0) is 24.3 Å². The molecule has 1 aromatic heterocycles. The molecule has 1 aromatic carbocycles. The summed E-state index contributed by atoms with van der Waals surface area (Å²) in [6.07, 6.45) is 1.78. The van der Waals surface area contributed by atoms with Crippen LogP contribution in [-0.4, -0.2) is 9.78 Å². The molecule has 0 bridgehead atoms. The zero-order chi connectivity index (χ0) is 11.5. The Hall–Kier alpha value is -1.49. The van der Waals surface area contributed by atoms with Crippen LogP contribution >= 0.6 is 15.9 Å². The van der Waals surface area contributed by atoms with Gasteiger partial charge in [-0.2, -0.15) is 5.10 Å². The summed E-state index contributed by atoms with van der Waals surface area (Å²) in [5.41, 5.74) is 8.66. The number of nitrogens with two attached hydrogens (primary N) is 1. The predicted molar refractivity (Wildman–Crippen MR) is 69.1 cm³/mol. The van der Waals surface area contributed by atoms with Crippen molar-refractivity contribution in [2.45, 2.75) is 6.54 Å². The van der Waals surface area contributed by atoms with Gasteiger partial charge in [-0.1, -0.05) is 15.9 Å². The lowest BCUT2D eigenvalue weighted by Gasteiger charge is -2.09. The minimum atomic E-state index is 0.711. The summed E-state index contributed by atoms with van der Waals surface area (Å²) in [5, 5.41) is 7.38. The van der Waals surface area contributed by atoms with Gasteiger partial charge in [0, 0.05) is 17.7 Å². The number of benzene rings is 1. The molecule has 84 valence electrons. The van der Waals surface area contributed by atoms with E-state index in [1.54, 1.807) is 6.20 Å². The Balaban J connectivity index is 2.08. The van der Waals surface area contributed by atoms with Gasteiger partial charge in [0.25, 0.3) is 0 Å². The average Bonchev–Trinajstić information content (AvgIpc) is 2.63. The van der Waals surface area contributed by atoms with Crippen molar-refractivity contribution in [1.29, 1.82) is 0 Å². The number of nitrogen functional groups attached to an aromatic ring is 1. The third kappa shape index (κ3) is 2.36. The number of hydrogen-bond acceptors (Lipinski definition) is 3. The Labute approximate surface area is 103 Å². The lowest BCUT2D eigenvalue weighted by molar-refractivity contribution is 0.720. The van der Waals surface area contributed by atoms with Crippen LogP contribution in [0.25, 0.3) is 0 Å². The fraction of sp³-hybridized carbons (Fsp3) is 0.182. The molecular weight excluding hydrogens is 268 g/mol. The van der Waals surface area contributed by atoms with Gasteiger partial charge in [-0.25, -0.2) is 0 Å². The molecule has 2 rings (SSSR count). The Morgan fingerprint density at radius 1 is 1.44 bits per heavy atom. The standard InChI is InChI=1S/C11H13BrN4/c1-16-9(4-5-15-16)7-14-11-3-2-8(12)6-10(11)13/h2-6,14H,7,13H2,1H3. The lowest BCUT2D eigenvalue weighted by atomic mass is 10.2. The number of anilines is 2. The van der Waals surface area contributed by atoms with E-state index in [-0.39, 0.29) is 0 Å². The Kier molecular flexibility index (Phi) is 3.14. The van der Waals surface area contributed by atoms with Crippen LogP contribution in [0.5, 0.6) is 0 Å². The van der Waals surface area contributed by atoms with Gasteiger partial charge in [-0.3, -0.25) is 4.68 Å². The summed E-state index contributed by atoms with van der Waals surface area (Å²) in [4.78, 5) is 0. The molecule has 4 nitrogen and oxygen atoms in total. The molecule has 0 aliphatic rings. The Morgan fingerprint density at radius 2 is 2.25 bits per heavy atom. The molecule has 2 aromatic rings. The van der Waals surface area contributed by atoms with Crippen LogP contribution in [0, 0.1) is 0 Å². The summed E-state index contributed by atoms with van der Waals surface area (Å²) in [5.74, 6) is 0. The first-order chi connectivity index (χ1) is 7.66. The highest BCUT2D eigenvalue weighted by molar-refractivity contribution is 9.10. The summed E-state index contributed by atoms with van der Waals surface area (Å²) in [6.45, 7) is 0.711. The first-order valence-electron chi connectivity index (χ1n) is 4.92. The first kappa shape index (κ1) is 11.0. The highest BCUT2D eigenvalue weighted by Gasteiger charge is 2.01. The van der Waals surface area contributed by atoms with E-state index in [4.69, 9.17) is 5.73 Å². The number of halogens is 1. The zero-order valence-electron chi connectivity index (χ0n) is 8.94. The minimum absolute atomic E-state index is 0.711. The van der Waals surface area contributed by atoms with Crippen LogP contribution in [0.15, 0.2) is 34.9 Å². The maximum atomic E-state index is 5.88. The van der Waals surface area contributed by atoms with Crippen molar-refractivity contribution in [2.75, 3.05) is 11.1 Å². The molecule has 1 heterocycles. The van der Waals surface area contributed by atoms with Gasteiger partial charge >= 0.3 is 0 Å². The van der Waals surface area contributed by atoms with Crippen molar-refractivity contribution in [3.05, 3.63) is 40.6 Å². The molecule has 0 saturated heterocycles. The van der Waals surface area contributed by atoms with Gasteiger partial charge in [0.1, 0.15) is 0 Å². The maximum absolute atomic E-state index is 5.88. The van der Waals surface area contributed by atoms with Crippen molar-refractivity contribution < 1.29 is 0 Å². The Morgan fingerprint density at radius 3 is 2.88 bits per heavy atom. The van der Waals surface area contributed by atoms with Crippen molar-refractivity contribution >= 4 is 27.3 Å². The van der Waals surface area contributed by atoms with Crippen molar-refractivity contribution in [1.82, 2.24) is 9.78 Å². The van der Waals surface area contributed by atoms with Crippen LogP contribution in [0.1, 0.15) is 5.69 Å². The molecule has 0 radical (unpaired) electrons. The molecule has 0 amide bonds. The second-order valence-electron chi connectivity index (χ2n) is 3.53. The van der Waals surface area contributed by atoms with Crippen molar-refractivity contribution in [3.63, 3.8) is 0 Å². The number of aryl methyl sites for hydroxylation is 1. The SMILES string of the molecule is Cn1nccc1CNc1ccc(Br)cc1N. The number of aromatic nitrogens is 2. The summed E-state index contributed by atoms with van der Waals surface area (Å²) >= 11 is 3.38. The van der Waals surface area contributed by atoms with E-state index < -0.39 is 0 Å². The normalized spacial score (nSPS) is 10.4. The molecular formula is C11H13BrN4. The molecule has 0 unspecified atom stereocenters. The minimum Gasteiger partial charge on any atom is -0.397 e. The number of nitrogens with zero attached hydrogens (tertiary/aromatic N) is 2. The average molecular weight is 281 g/mol. The number of rotatable bonds is 3. The van der Waals surface area contributed by atoms with Crippen LogP contribution in [0.3, 0.4) is 0 Å². The highest BCUT2D eigenvalue weighted by atomic mass is 79.9. The van der Waals surface area contributed by atoms with Crippen molar-refractivity contribution in [3.8, 4) is 0 Å². The van der Waals surface area contributed by atoms with Gasteiger partial charge < -0.3 is 11.1 Å². The van der Waals surface area contributed by atoms with E-state index >= 15 is 0 Å². The molecule has 0 spiro atoms. The van der Waals surface area contributed by atoms with Crippen LogP contribution in [-0.2, 0) is 13.6 Å². The fourth-order valence-electron chi connectivity index (χ4n) is 1.46. The summed E-state index contributed by atoms with van der Waals surface area (Å²) < 4.78 is 2.82. The van der Waals surface area contributed by atoms with E-state index in [2.05, 4.69) is 26.3 Å². The van der Waals surface area contributed by atoms with E-state index in [0.717, 1.165) is 21.5 Å². The lowest BCUT2D eigenvalue weighted by Crippen LogP contribution is -2.06. The zero-order valence-corrected chi connectivity index (χ0v) is 10.5. The van der Waals surface area contributed by atoms with E-state index in [1.807, 2.05) is 36.0 Å². The van der Waals surface area contributed by atoms with Gasteiger partial charge in [0.05, 0.1) is 23.6 Å².